The molecule has 3 aromatic rings. The zero-order valence-electron chi connectivity index (χ0n) is 14.4. The quantitative estimate of drug-likeness (QED) is 0.489. The Kier molecular flexibility index (Phi) is 5.14. The standard InChI is InChI=1S/C22H20O3/c1-16-12-17(2)14-19(13-16)25-22(23)15-24-21-11-7-6-10-20(21)18-8-4-3-5-9-18/h3-14H,15H2,1-2H3. The maximum Gasteiger partial charge on any atom is 0.349 e. The maximum absolute atomic E-state index is 12.1. The van der Waals surface area contributed by atoms with E-state index in [9.17, 15) is 4.79 Å². The molecule has 0 aliphatic carbocycles. The van der Waals surface area contributed by atoms with E-state index >= 15 is 0 Å². The molecule has 0 fully saturated rings. The third kappa shape index (κ3) is 4.48. The van der Waals surface area contributed by atoms with E-state index in [0.29, 0.717) is 11.5 Å². The summed E-state index contributed by atoms with van der Waals surface area (Å²) in [7, 11) is 0. The first kappa shape index (κ1) is 16.8. The Bertz CT molecular complexity index is 849. The summed E-state index contributed by atoms with van der Waals surface area (Å²) in [6.07, 6.45) is 0. The Morgan fingerprint density at radius 2 is 1.48 bits per heavy atom. The highest BCUT2D eigenvalue weighted by atomic mass is 16.6. The Balaban J connectivity index is 1.69. The molecule has 3 aromatic carbocycles. The largest absolute Gasteiger partial charge is 0.481 e. The van der Waals surface area contributed by atoms with Crippen LogP contribution in [0.2, 0.25) is 0 Å². The highest BCUT2D eigenvalue weighted by Gasteiger charge is 2.10. The number of aryl methyl sites for hydroxylation is 2. The van der Waals surface area contributed by atoms with Gasteiger partial charge in [-0.2, -0.15) is 0 Å². The van der Waals surface area contributed by atoms with E-state index in [1.54, 1.807) is 0 Å². The minimum atomic E-state index is -0.423. The van der Waals surface area contributed by atoms with E-state index in [-0.39, 0.29) is 6.61 Å². The molecule has 0 atom stereocenters. The lowest BCUT2D eigenvalue weighted by molar-refractivity contribution is -0.136. The average molecular weight is 332 g/mol. The zero-order chi connectivity index (χ0) is 17.6. The first-order valence-corrected chi connectivity index (χ1v) is 8.18. The number of hydrogen-bond acceptors (Lipinski definition) is 3. The monoisotopic (exact) mass is 332 g/mol. The van der Waals surface area contributed by atoms with Crippen LogP contribution in [0.15, 0.2) is 72.8 Å². The van der Waals surface area contributed by atoms with E-state index in [2.05, 4.69) is 0 Å². The van der Waals surface area contributed by atoms with Gasteiger partial charge < -0.3 is 9.47 Å². The second-order valence-corrected chi connectivity index (χ2v) is 5.95. The van der Waals surface area contributed by atoms with E-state index in [1.807, 2.05) is 86.6 Å². The first-order chi connectivity index (χ1) is 12.1. The van der Waals surface area contributed by atoms with Crippen molar-refractivity contribution in [1.82, 2.24) is 0 Å². The van der Waals surface area contributed by atoms with Crippen LogP contribution in [0, 0.1) is 13.8 Å². The van der Waals surface area contributed by atoms with Gasteiger partial charge in [-0.25, -0.2) is 4.79 Å². The van der Waals surface area contributed by atoms with Gasteiger partial charge in [0.05, 0.1) is 0 Å². The van der Waals surface area contributed by atoms with Crippen LogP contribution in [0.4, 0.5) is 0 Å². The molecule has 0 saturated carbocycles. The Hall–Kier alpha value is -3.07. The number of para-hydroxylation sites is 1. The summed E-state index contributed by atoms with van der Waals surface area (Å²) in [5.41, 5.74) is 4.10. The molecule has 0 saturated heterocycles. The van der Waals surface area contributed by atoms with E-state index in [0.717, 1.165) is 22.3 Å². The molecule has 3 nitrogen and oxygen atoms in total. The fraction of sp³-hybridized carbons (Fsp3) is 0.136. The SMILES string of the molecule is Cc1cc(C)cc(OC(=O)COc2ccccc2-c2ccccc2)c1. The van der Waals surface area contributed by atoms with Crippen molar-refractivity contribution in [3.05, 3.63) is 83.9 Å². The number of hydrogen-bond donors (Lipinski definition) is 0. The first-order valence-electron chi connectivity index (χ1n) is 8.18. The summed E-state index contributed by atoms with van der Waals surface area (Å²) < 4.78 is 11.1. The maximum atomic E-state index is 12.1. The molecule has 0 unspecified atom stereocenters. The molecule has 0 aromatic heterocycles. The third-order valence-corrected chi connectivity index (χ3v) is 3.74. The molecular weight excluding hydrogens is 312 g/mol. The number of esters is 1. The van der Waals surface area contributed by atoms with Crippen molar-refractivity contribution in [2.45, 2.75) is 13.8 Å². The van der Waals surface area contributed by atoms with E-state index in [4.69, 9.17) is 9.47 Å². The summed E-state index contributed by atoms with van der Waals surface area (Å²) in [5, 5.41) is 0. The van der Waals surface area contributed by atoms with Gasteiger partial charge in [-0.3, -0.25) is 0 Å². The molecule has 0 aliphatic heterocycles. The van der Waals surface area contributed by atoms with Crippen molar-refractivity contribution in [3.8, 4) is 22.6 Å². The van der Waals surface area contributed by atoms with Gasteiger partial charge in [-0.15, -0.1) is 0 Å². The number of benzene rings is 3. The summed E-state index contributed by atoms with van der Waals surface area (Å²) in [4.78, 5) is 12.1. The molecule has 0 spiro atoms. The van der Waals surface area contributed by atoms with Crippen LogP contribution >= 0.6 is 0 Å². The molecule has 0 radical (unpaired) electrons. The second kappa shape index (κ2) is 7.67. The van der Waals surface area contributed by atoms with Gasteiger partial charge in [-0.05, 0) is 48.7 Å². The van der Waals surface area contributed by atoms with Gasteiger partial charge in [0.2, 0.25) is 0 Å². The molecule has 0 aliphatic rings. The lowest BCUT2D eigenvalue weighted by atomic mass is 10.1. The average Bonchev–Trinajstić information content (AvgIpc) is 2.60. The Morgan fingerprint density at radius 1 is 0.840 bits per heavy atom. The van der Waals surface area contributed by atoms with Gasteiger partial charge in [-0.1, -0.05) is 54.6 Å². The Labute approximate surface area is 147 Å². The van der Waals surface area contributed by atoms with E-state index < -0.39 is 5.97 Å². The second-order valence-electron chi connectivity index (χ2n) is 5.95. The molecule has 0 amide bonds. The number of carbonyl (C=O) groups excluding carboxylic acids is 1. The molecule has 126 valence electrons. The van der Waals surface area contributed by atoms with Gasteiger partial charge in [0.1, 0.15) is 11.5 Å². The minimum Gasteiger partial charge on any atom is -0.481 e. The fourth-order valence-corrected chi connectivity index (χ4v) is 2.74. The number of ether oxygens (including phenoxy) is 2. The highest BCUT2D eigenvalue weighted by molar-refractivity contribution is 5.75. The van der Waals surface area contributed by atoms with Crippen molar-refractivity contribution < 1.29 is 14.3 Å². The predicted octanol–water partition coefficient (Wildman–Crippen LogP) is 4.95. The highest BCUT2D eigenvalue weighted by Crippen LogP contribution is 2.29. The van der Waals surface area contributed by atoms with Crippen LogP contribution < -0.4 is 9.47 Å². The zero-order valence-corrected chi connectivity index (χ0v) is 14.4. The van der Waals surface area contributed by atoms with Crippen molar-refractivity contribution in [3.63, 3.8) is 0 Å². The van der Waals surface area contributed by atoms with Crippen molar-refractivity contribution in [2.24, 2.45) is 0 Å². The van der Waals surface area contributed by atoms with Crippen LogP contribution in [0.3, 0.4) is 0 Å². The molecule has 0 N–H and O–H groups in total. The van der Waals surface area contributed by atoms with Gasteiger partial charge in [0.25, 0.3) is 0 Å². The summed E-state index contributed by atoms with van der Waals surface area (Å²) in [5.74, 6) is 0.779. The van der Waals surface area contributed by atoms with Crippen LogP contribution in [0.5, 0.6) is 11.5 Å². The van der Waals surface area contributed by atoms with Gasteiger partial charge in [0.15, 0.2) is 6.61 Å². The summed E-state index contributed by atoms with van der Waals surface area (Å²) in [6, 6.07) is 23.3. The lowest BCUT2D eigenvalue weighted by Crippen LogP contribution is -2.18. The Morgan fingerprint density at radius 3 is 2.20 bits per heavy atom. The van der Waals surface area contributed by atoms with Crippen molar-refractivity contribution >= 4 is 5.97 Å². The number of carbonyl (C=O) groups is 1. The molecule has 3 rings (SSSR count). The van der Waals surface area contributed by atoms with E-state index in [1.165, 1.54) is 0 Å². The normalized spacial score (nSPS) is 10.3. The molecule has 0 bridgehead atoms. The summed E-state index contributed by atoms with van der Waals surface area (Å²) >= 11 is 0. The molecule has 3 heteroatoms. The van der Waals surface area contributed by atoms with Gasteiger partial charge >= 0.3 is 5.97 Å². The van der Waals surface area contributed by atoms with Crippen LogP contribution in [-0.4, -0.2) is 12.6 Å². The smallest absolute Gasteiger partial charge is 0.349 e. The van der Waals surface area contributed by atoms with Crippen molar-refractivity contribution in [2.75, 3.05) is 6.61 Å². The topological polar surface area (TPSA) is 35.5 Å². The lowest BCUT2D eigenvalue weighted by Gasteiger charge is -2.12. The van der Waals surface area contributed by atoms with Crippen LogP contribution in [0.25, 0.3) is 11.1 Å². The van der Waals surface area contributed by atoms with Crippen molar-refractivity contribution in [1.29, 1.82) is 0 Å². The fourth-order valence-electron chi connectivity index (χ4n) is 2.74. The third-order valence-electron chi connectivity index (χ3n) is 3.74. The van der Waals surface area contributed by atoms with Crippen LogP contribution in [-0.2, 0) is 4.79 Å². The van der Waals surface area contributed by atoms with Gasteiger partial charge in [0, 0.05) is 5.56 Å². The predicted molar refractivity (Wildman–Crippen MR) is 98.9 cm³/mol. The summed E-state index contributed by atoms with van der Waals surface area (Å²) in [6.45, 7) is 3.80. The molecule has 0 heterocycles. The minimum absolute atomic E-state index is 0.142. The van der Waals surface area contributed by atoms with Crippen LogP contribution in [0.1, 0.15) is 11.1 Å². The number of rotatable bonds is 5. The molecular formula is C22H20O3. The molecule has 25 heavy (non-hydrogen) atoms.